The van der Waals surface area contributed by atoms with Crippen LogP contribution in [0.2, 0.25) is 0 Å². The van der Waals surface area contributed by atoms with Gasteiger partial charge in [-0.3, -0.25) is 4.79 Å². The fourth-order valence-electron chi connectivity index (χ4n) is 2.31. The molecule has 2 aromatic carbocycles. The number of rotatable bonds is 6. The van der Waals surface area contributed by atoms with Crippen LogP contribution >= 0.6 is 0 Å². The number of methoxy groups -OCH3 is 2. The van der Waals surface area contributed by atoms with Crippen LogP contribution in [0.25, 0.3) is 0 Å². The summed E-state index contributed by atoms with van der Waals surface area (Å²) < 4.78 is 37.0. The molecule has 0 unspecified atom stereocenters. The molecule has 24 heavy (non-hydrogen) atoms. The van der Waals surface area contributed by atoms with Crippen LogP contribution in [0.4, 0.5) is 8.78 Å². The predicted molar refractivity (Wildman–Crippen MR) is 86.1 cm³/mol. The van der Waals surface area contributed by atoms with Gasteiger partial charge >= 0.3 is 0 Å². The van der Waals surface area contributed by atoms with Gasteiger partial charge in [-0.25, -0.2) is 8.78 Å². The molecule has 0 spiro atoms. The SMILES string of the molecule is COc1ccc(OC)c(CC(=O)N(C)Cc2ccc(F)cc2F)c1. The second-order valence-electron chi connectivity index (χ2n) is 5.34. The number of benzene rings is 2. The highest BCUT2D eigenvalue weighted by Gasteiger charge is 2.16. The zero-order valence-electron chi connectivity index (χ0n) is 13.8. The lowest BCUT2D eigenvalue weighted by Gasteiger charge is -2.19. The van der Waals surface area contributed by atoms with E-state index < -0.39 is 11.6 Å². The van der Waals surface area contributed by atoms with E-state index in [1.165, 1.54) is 31.3 Å². The molecule has 4 nitrogen and oxygen atoms in total. The first-order valence-corrected chi connectivity index (χ1v) is 7.33. The maximum Gasteiger partial charge on any atom is 0.227 e. The van der Waals surface area contributed by atoms with E-state index in [0.29, 0.717) is 17.1 Å². The number of carbonyl (C=O) groups excluding carboxylic acids is 1. The molecule has 0 saturated carbocycles. The molecule has 0 fully saturated rings. The largest absolute Gasteiger partial charge is 0.497 e. The first kappa shape index (κ1) is 17.7. The van der Waals surface area contributed by atoms with Gasteiger partial charge in [-0.15, -0.1) is 0 Å². The van der Waals surface area contributed by atoms with E-state index in [1.807, 2.05) is 0 Å². The fourth-order valence-corrected chi connectivity index (χ4v) is 2.31. The lowest BCUT2D eigenvalue weighted by molar-refractivity contribution is -0.129. The molecule has 128 valence electrons. The van der Waals surface area contributed by atoms with Crippen LogP contribution in [-0.2, 0) is 17.8 Å². The Kier molecular flexibility index (Phi) is 5.73. The van der Waals surface area contributed by atoms with Gasteiger partial charge in [-0.05, 0) is 24.3 Å². The van der Waals surface area contributed by atoms with Crippen molar-refractivity contribution in [1.82, 2.24) is 4.90 Å². The third kappa shape index (κ3) is 4.22. The molecule has 0 aliphatic rings. The number of amides is 1. The van der Waals surface area contributed by atoms with Gasteiger partial charge in [-0.2, -0.15) is 0 Å². The minimum atomic E-state index is -0.673. The monoisotopic (exact) mass is 335 g/mol. The van der Waals surface area contributed by atoms with Gasteiger partial charge in [0.2, 0.25) is 5.91 Å². The third-order valence-corrected chi connectivity index (χ3v) is 3.68. The number of ether oxygens (including phenoxy) is 2. The Morgan fingerprint density at radius 1 is 1.04 bits per heavy atom. The maximum absolute atomic E-state index is 13.7. The number of likely N-dealkylation sites (N-methyl/N-ethyl adjacent to an activating group) is 1. The Morgan fingerprint density at radius 2 is 1.79 bits per heavy atom. The van der Waals surface area contributed by atoms with E-state index in [-0.39, 0.29) is 24.4 Å². The topological polar surface area (TPSA) is 38.8 Å². The maximum atomic E-state index is 13.7. The molecule has 0 aliphatic carbocycles. The average Bonchev–Trinajstić information content (AvgIpc) is 2.57. The molecule has 6 heteroatoms. The minimum Gasteiger partial charge on any atom is -0.497 e. The zero-order chi connectivity index (χ0) is 17.7. The van der Waals surface area contributed by atoms with Gasteiger partial charge in [-0.1, -0.05) is 6.07 Å². The molecule has 1 amide bonds. The highest BCUT2D eigenvalue weighted by Crippen LogP contribution is 2.25. The van der Waals surface area contributed by atoms with Gasteiger partial charge in [0.1, 0.15) is 23.1 Å². The van der Waals surface area contributed by atoms with Crippen molar-refractivity contribution < 1.29 is 23.0 Å². The highest BCUT2D eigenvalue weighted by atomic mass is 19.1. The number of nitrogens with zero attached hydrogens (tertiary/aromatic N) is 1. The summed E-state index contributed by atoms with van der Waals surface area (Å²) in [5, 5.41) is 0. The number of carbonyl (C=O) groups is 1. The van der Waals surface area contributed by atoms with Crippen molar-refractivity contribution in [1.29, 1.82) is 0 Å². The first-order chi connectivity index (χ1) is 11.4. The highest BCUT2D eigenvalue weighted by molar-refractivity contribution is 5.79. The van der Waals surface area contributed by atoms with Gasteiger partial charge in [0.05, 0.1) is 20.6 Å². The van der Waals surface area contributed by atoms with E-state index >= 15 is 0 Å². The van der Waals surface area contributed by atoms with Crippen LogP contribution in [0.15, 0.2) is 36.4 Å². The molecule has 0 aromatic heterocycles. The minimum absolute atomic E-state index is 0.0528. The van der Waals surface area contributed by atoms with Crippen molar-refractivity contribution in [3.63, 3.8) is 0 Å². The second kappa shape index (κ2) is 7.77. The van der Waals surface area contributed by atoms with E-state index in [0.717, 1.165) is 6.07 Å². The standard InChI is InChI=1S/C18H19F2NO3/c1-21(11-12-4-5-14(19)10-16(12)20)18(22)9-13-8-15(23-2)6-7-17(13)24-3/h4-8,10H,9,11H2,1-3H3. The van der Waals surface area contributed by atoms with Crippen molar-refractivity contribution in [3.05, 3.63) is 59.2 Å². The Bertz CT molecular complexity index is 734. The van der Waals surface area contributed by atoms with Gasteiger partial charge in [0.15, 0.2) is 0 Å². The zero-order valence-corrected chi connectivity index (χ0v) is 13.8. The van der Waals surface area contributed by atoms with E-state index in [2.05, 4.69) is 0 Å². The summed E-state index contributed by atoms with van der Waals surface area (Å²) in [6.07, 6.45) is 0.0830. The van der Waals surface area contributed by atoms with E-state index in [9.17, 15) is 13.6 Å². The number of hydrogen-bond acceptors (Lipinski definition) is 3. The van der Waals surface area contributed by atoms with Crippen molar-refractivity contribution in [2.24, 2.45) is 0 Å². The van der Waals surface area contributed by atoms with Gasteiger partial charge < -0.3 is 14.4 Å². The predicted octanol–water partition coefficient (Wildman–Crippen LogP) is 3.18. The summed E-state index contributed by atoms with van der Waals surface area (Å²) in [4.78, 5) is 13.8. The smallest absolute Gasteiger partial charge is 0.227 e. The Labute approximate surface area is 139 Å². The Morgan fingerprint density at radius 3 is 2.42 bits per heavy atom. The van der Waals surface area contributed by atoms with Crippen LogP contribution < -0.4 is 9.47 Å². The summed E-state index contributed by atoms with van der Waals surface area (Å²) in [5.74, 6) is -0.346. The Hall–Kier alpha value is -2.63. The molecule has 2 aromatic rings. The normalized spacial score (nSPS) is 10.4. The van der Waals surface area contributed by atoms with Crippen molar-refractivity contribution in [2.45, 2.75) is 13.0 Å². The molecule has 2 rings (SSSR count). The number of hydrogen-bond donors (Lipinski definition) is 0. The third-order valence-electron chi connectivity index (χ3n) is 3.68. The van der Waals surface area contributed by atoms with Crippen molar-refractivity contribution in [3.8, 4) is 11.5 Å². The van der Waals surface area contributed by atoms with Crippen molar-refractivity contribution in [2.75, 3.05) is 21.3 Å². The lowest BCUT2D eigenvalue weighted by atomic mass is 10.1. The summed E-state index contributed by atoms with van der Waals surface area (Å²) in [7, 11) is 4.63. The van der Waals surface area contributed by atoms with E-state index in [4.69, 9.17) is 9.47 Å². The quantitative estimate of drug-likeness (QED) is 0.814. The summed E-state index contributed by atoms with van der Waals surface area (Å²) in [6.45, 7) is 0.0528. The first-order valence-electron chi connectivity index (χ1n) is 7.33. The molecule has 0 saturated heterocycles. The molecule has 0 N–H and O–H groups in total. The molecular formula is C18H19F2NO3. The van der Waals surface area contributed by atoms with Crippen LogP contribution in [0.3, 0.4) is 0 Å². The van der Waals surface area contributed by atoms with Crippen LogP contribution in [0.5, 0.6) is 11.5 Å². The van der Waals surface area contributed by atoms with Crippen LogP contribution in [0.1, 0.15) is 11.1 Å². The van der Waals surface area contributed by atoms with Gasteiger partial charge in [0, 0.05) is 30.8 Å². The summed E-state index contributed by atoms with van der Waals surface area (Å²) in [5.41, 5.74) is 0.929. The summed E-state index contributed by atoms with van der Waals surface area (Å²) in [6, 6.07) is 8.50. The van der Waals surface area contributed by atoms with E-state index in [1.54, 1.807) is 25.2 Å². The van der Waals surface area contributed by atoms with Crippen LogP contribution in [-0.4, -0.2) is 32.1 Å². The summed E-state index contributed by atoms with van der Waals surface area (Å²) >= 11 is 0. The lowest BCUT2D eigenvalue weighted by Crippen LogP contribution is -2.28. The average molecular weight is 335 g/mol. The second-order valence-corrected chi connectivity index (χ2v) is 5.34. The molecule has 0 aliphatic heterocycles. The molecular weight excluding hydrogens is 316 g/mol. The fraction of sp³-hybridized carbons (Fsp3) is 0.278. The number of halogens is 2. The molecule has 0 bridgehead atoms. The van der Waals surface area contributed by atoms with Gasteiger partial charge in [0.25, 0.3) is 0 Å². The van der Waals surface area contributed by atoms with Crippen molar-refractivity contribution >= 4 is 5.91 Å². The Balaban J connectivity index is 2.11. The molecule has 0 radical (unpaired) electrons. The molecule has 0 atom stereocenters. The van der Waals surface area contributed by atoms with Crippen LogP contribution in [0, 0.1) is 11.6 Å². The molecule has 0 heterocycles.